The Balaban J connectivity index is 1.92. The number of nitrogens with zero attached hydrogens (tertiary/aromatic N) is 2. The molecule has 9 nitrogen and oxygen atoms in total. The molecule has 13 heteroatoms. The van der Waals surface area contributed by atoms with Crippen molar-refractivity contribution in [2.24, 2.45) is 0 Å². The van der Waals surface area contributed by atoms with Crippen LogP contribution in [0.25, 0.3) is 0 Å². The molecule has 1 N–H and O–H groups in total. The number of carbonyl (C=O) groups excluding carboxylic acids is 3. The van der Waals surface area contributed by atoms with Crippen molar-refractivity contribution in [3.63, 3.8) is 0 Å². The van der Waals surface area contributed by atoms with E-state index in [9.17, 15) is 42.1 Å². The second-order valence-electron chi connectivity index (χ2n) is 6.15. The van der Waals surface area contributed by atoms with Crippen LogP contribution in [-0.2, 0) is 19.1 Å². The number of hydrogen-bond acceptors (Lipinski definition) is 7. The SMILES string of the molecule is O=C(COC(=O)[C@@H]1CCCN1/C=C/C(=O)C(F)(F)F)Nc1cc([N+](=O)[O-])ccc1F. The zero-order valence-corrected chi connectivity index (χ0v) is 15.1. The number of alkyl halides is 3. The lowest BCUT2D eigenvalue weighted by atomic mass is 10.2. The number of ketones is 1. The monoisotopic (exact) mass is 433 g/mol. The molecule has 1 aliphatic rings. The van der Waals surface area contributed by atoms with Gasteiger partial charge in [0.05, 0.1) is 10.6 Å². The highest BCUT2D eigenvalue weighted by atomic mass is 19.4. The van der Waals surface area contributed by atoms with Crippen LogP contribution in [0.5, 0.6) is 0 Å². The summed E-state index contributed by atoms with van der Waals surface area (Å²) in [7, 11) is 0. The summed E-state index contributed by atoms with van der Waals surface area (Å²) in [6.07, 6.45) is -3.23. The Hall–Kier alpha value is -3.51. The fourth-order valence-electron chi connectivity index (χ4n) is 2.62. The number of non-ortho nitro benzene ring substituents is 1. The maximum Gasteiger partial charge on any atom is 0.454 e. The number of nitro benzene ring substituents is 1. The van der Waals surface area contributed by atoms with Crippen LogP contribution in [0.1, 0.15) is 12.8 Å². The molecule has 1 saturated heterocycles. The highest BCUT2D eigenvalue weighted by molar-refractivity contribution is 5.94. The molecule has 1 aromatic carbocycles. The quantitative estimate of drug-likeness (QED) is 0.230. The minimum absolute atomic E-state index is 0.201. The van der Waals surface area contributed by atoms with Crippen molar-refractivity contribution >= 4 is 29.0 Å². The molecular formula is C17H15F4N3O6. The number of rotatable bonds is 7. The van der Waals surface area contributed by atoms with E-state index in [2.05, 4.69) is 0 Å². The van der Waals surface area contributed by atoms with Crippen molar-refractivity contribution in [1.29, 1.82) is 0 Å². The maximum absolute atomic E-state index is 13.7. The molecule has 1 aliphatic heterocycles. The first kappa shape index (κ1) is 22.8. The summed E-state index contributed by atoms with van der Waals surface area (Å²) in [6, 6.07) is 1.47. The van der Waals surface area contributed by atoms with Crippen molar-refractivity contribution in [2.75, 3.05) is 18.5 Å². The van der Waals surface area contributed by atoms with Crippen LogP contribution in [0, 0.1) is 15.9 Å². The highest BCUT2D eigenvalue weighted by Crippen LogP contribution is 2.22. The van der Waals surface area contributed by atoms with Gasteiger partial charge >= 0.3 is 12.1 Å². The third kappa shape index (κ3) is 5.99. The highest BCUT2D eigenvalue weighted by Gasteiger charge is 2.37. The Morgan fingerprint density at radius 1 is 1.33 bits per heavy atom. The van der Waals surface area contributed by atoms with Crippen LogP contribution in [0.15, 0.2) is 30.5 Å². The summed E-state index contributed by atoms with van der Waals surface area (Å²) in [5, 5.41) is 12.7. The molecule has 0 aliphatic carbocycles. The lowest BCUT2D eigenvalue weighted by Gasteiger charge is -2.21. The molecule has 162 valence electrons. The number of halogens is 4. The molecule has 1 atom stereocenters. The van der Waals surface area contributed by atoms with E-state index >= 15 is 0 Å². The number of anilines is 1. The van der Waals surface area contributed by atoms with Gasteiger partial charge in [0.2, 0.25) is 0 Å². The smallest absolute Gasteiger partial charge is 0.454 e. The van der Waals surface area contributed by atoms with Crippen molar-refractivity contribution < 1.29 is 41.6 Å². The Kier molecular flexibility index (Phi) is 7.08. The van der Waals surface area contributed by atoms with Gasteiger partial charge in [0.15, 0.2) is 6.61 Å². The van der Waals surface area contributed by atoms with Gasteiger partial charge in [-0.25, -0.2) is 9.18 Å². The molecule has 30 heavy (non-hydrogen) atoms. The van der Waals surface area contributed by atoms with Crippen LogP contribution in [0.3, 0.4) is 0 Å². The first-order chi connectivity index (χ1) is 14.0. The van der Waals surface area contributed by atoms with Gasteiger partial charge < -0.3 is 15.0 Å². The van der Waals surface area contributed by atoms with Gasteiger partial charge in [-0.15, -0.1) is 0 Å². The number of likely N-dealkylation sites (tertiary alicyclic amines) is 1. The molecule has 2 rings (SSSR count). The molecule has 1 heterocycles. The molecule has 0 saturated carbocycles. The normalized spacial score (nSPS) is 16.5. The number of hydrogen-bond donors (Lipinski definition) is 1. The first-order valence-corrected chi connectivity index (χ1v) is 8.44. The predicted octanol–water partition coefficient (Wildman–Crippen LogP) is 2.33. The maximum atomic E-state index is 13.7. The number of benzene rings is 1. The van der Waals surface area contributed by atoms with E-state index in [1.807, 2.05) is 5.32 Å². The van der Waals surface area contributed by atoms with Crippen molar-refractivity contribution in [1.82, 2.24) is 4.90 Å². The fourth-order valence-corrected chi connectivity index (χ4v) is 2.62. The van der Waals surface area contributed by atoms with E-state index in [4.69, 9.17) is 4.74 Å². The summed E-state index contributed by atoms with van der Waals surface area (Å²) < 4.78 is 55.2. The number of allylic oxidation sites excluding steroid dienone is 1. The number of esters is 1. The third-order valence-electron chi connectivity index (χ3n) is 4.04. The molecule has 0 spiro atoms. The van der Waals surface area contributed by atoms with Crippen LogP contribution in [0.2, 0.25) is 0 Å². The van der Waals surface area contributed by atoms with Crippen LogP contribution >= 0.6 is 0 Å². The number of ether oxygens (including phenoxy) is 1. The molecule has 1 aromatic rings. The van der Waals surface area contributed by atoms with Gasteiger partial charge in [0.25, 0.3) is 17.4 Å². The first-order valence-electron chi connectivity index (χ1n) is 8.44. The molecule has 0 radical (unpaired) electrons. The summed E-state index contributed by atoms with van der Waals surface area (Å²) in [5.74, 6) is -4.93. The van der Waals surface area contributed by atoms with Crippen molar-refractivity contribution in [3.8, 4) is 0 Å². The summed E-state index contributed by atoms with van der Waals surface area (Å²) in [6.45, 7) is -0.650. The summed E-state index contributed by atoms with van der Waals surface area (Å²) in [4.78, 5) is 46.0. The number of nitrogens with one attached hydrogen (secondary N) is 1. The largest absolute Gasteiger partial charge is 0.454 e. The summed E-state index contributed by atoms with van der Waals surface area (Å²) in [5.41, 5.74) is -0.952. The van der Waals surface area contributed by atoms with Gasteiger partial charge in [-0.05, 0) is 18.9 Å². The standard InChI is InChI=1S/C17H15F4N3O6/c18-11-4-3-10(24(28)29)8-12(11)22-15(26)9-30-16(27)13-2-1-6-23(13)7-5-14(25)17(19,20)21/h3-5,7-8,13H,1-2,6,9H2,(H,22,26)/b7-5+/t13-/m0/s1. The minimum atomic E-state index is -5.04. The van der Waals surface area contributed by atoms with Crippen molar-refractivity contribution in [3.05, 3.63) is 46.4 Å². The molecular weight excluding hydrogens is 418 g/mol. The lowest BCUT2D eigenvalue weighted by Crippen LogP contribution is -2.35. The predicted molar refractivity (Wildman–Crippen MR) is 92.6 cm³/mol. The van der Waals surface area contributed by atoms with Gasteiger partial charge in [0, 0.05) is 31.0 Å². The fraction of sp³-hybridized carbons (Fsp3) is 0.353. The second kappa shape index (κ2) is 9.33. The van der Waals surface area contributed by atoms with Gasteiger partial charge in [0.1, 0.15) is 11.9 Å². The number of nitro groups is 1. The average Bonchev–Trinajstić information content (AvgIpc) is 3.13. The van der Waals surface area contributed by atoms with Gasteiger partial charge in [-0.2, -0.15) is 13.2 Å². The Morgan fingerprint density at radius 3 is 2.67 bits per heavy atom. The lowest BCUT2D eigenvalue weighted by molar-refractivity contribution is -0.384. The zero-order chi connectivity index (χ0) is 22.5. The van der Waals surface area contributed by atoms with Gasteiger partial charge in [-0.1, -0.05) is 0 Å². The third-order valence-corrected chi connectivity index (χ3v) is 4.04. The molecule has 0 bridgehead atoms. The summed E-state index contributed by atoms with van der Waals surface area (Å²) >= 11 is 0. The molecule has 1 amide bonds. The second-order valence-corrected chi connectivity index (χ2v) is 6.15. The van der Waals surface area contributed by atoms with E-state index < -0.39 is 58.6 Å². The molecule has 1 fully saturated rings. The Morgan fingerprint density at radius 2 is 2.03 bits per heavy atom. The van der Waals surface area contributed by atoms with Crippen LogP contribution < -0.4 is 5.32 Å². The zero-order valence-electron chi connectivity index (χ0n) is 15.1. The molecule has 0 aromatic heterocycles. The van der Waals surface area contributed by atoms with Crippen LogP contribution in [-0.4, -0.2) is 52.9 Å². The topological polar surface area (TPSA) is 119 Å². The average molecular weight is 433 g/mol. The van der Waals surface area contributed by atoms with E-state index in [0.29, 0.717) is 12.5 Å². The number of carbonyl (C=O) groups is 3. The van der Waals surface area contributed by atoms with E-state index in [1.54, 1.807) is 0 Å². The van der Waals surface area contributed by atoms with E-state index in [1.165, 1.54) is 4.90 Å². The Labute approximate surface area is 166 Å². The number of amides is 1. The van der Waals surface area contributed by atoms with E-state index in [0.717, 1.165) is 24.4 Å². The van der Waals surface area contributed by atoms with Gasteiger partial charge in [-0.3, -0.25) is 19.7 Å². The minimum Gasteiger partial charge on any atom is -0.454 e. The molecule has 0 unspecified atom stereocenters. The van der Waals surface area contributed by atoms with Crippen LogP contribution in [0.4, 0.5) is 28.9 Å². The Bertz CT molecular complexity index is 887. The van der Waals surface area contributed by atoms with Crippen molar-refractivity contribution in [2.45, 2.75) is 25.1 Å². The van der Waals surface area contributed by atoms with E-state index in [-0.39, 0.29) is 13.0 Å².